The second-order valence-corrected chi connectivity index (χ2v) is 5.49. The lowest BCUT2D eigenvalue weighted by Crippen LogP contribution is -2.48. The molecule has 0 aliphatic carbocycles. The Morgan fingerprint density at radius 1 is 1.43 bits per heavy atom. The van der Waals surface area contributed by atoms with E-state index in [2.05, 4.69) is 10.2 Å². The molecule has 1 aliphatic heterocycles. The zero-order chi connectivity index (χ0) is 14.8. The number of nitrogens with one attached hydrogen (secondary N) is 1. The van der Waals surface area contributed by atoms with Gasteiger partial charge in [0.05, 0.1) is 12.6 Å². The van der Waals surface area contributed by atoms with Gasteiger partial charge >= 0.3 is 0 Å². The number of carbonyl (C=O) groups is 1. The van der Waals surface area contributed by atoms with E-state index in [1.165, 1.54) is 12.1 Å². The van der Waals surface area contributed by atoms with Crippen molar-refractivity contribution < 1.29 is 13.6 Å². The summed E-state index contributed by atoms with van der Waals surface area (Å²) in [6, 6.07) is 6.25. The van der Waals surface area contributed by atoms with Crippen LogP contribution in [0.1, 0.15) is 25.0 Å². The van der Waals surface area contributed by atoms with Gasteiger partial charge in [-0.1, -0.05) is 6.42 Å². The fourth-order valence-corrected chi connectivity index (χ4v) is 2.99. The number of likely N-dealkylation sites (N-methyl/N-ethyl adjacent to an activating group) is 1. The first-order valence-corrected chi connectivity index (χ1v) is 7.31. The monoisotopic (exact) mass is 290 g/mol. The molecule has 5 heteroatoms. The molecule has 0 unspecified atom stereocenters. The van der Waals surface area contributed by atoms with Crippen LogP contribution in [0.4, 0.5) is 4.39 Å². The van der Waals surface area contributed by atoms with E-state index < -0.39 is 0 Å². The molecule has 21 heavy (non-hydrogen) atoms. The summed E-state index contributed by atoms with van der Waals surface area (Å²) in [6.45, 7) is 1.46. The van der Waals surface area contributed by atoms with E-state index in [4.69, 9.17) is 4.42 Å². The van der Waals surface area contributed by atoms with Gasteiger partial charge in [-0.3, -0.25) is 9.69 Å². The van der Waals surface area contributed by atoms with Gasteiger partial charge in [-0.05, 0) is 43.7 Å². The molecular weight excluding hydrogens is 271 g/mol. The van der Waals surface area contributed by atoms with Crippen LogP contribution < -0.4 is 5.32 Å². The fourth-order valence-electron chi connectivity index (χ4n) is 2.99. The van der Waals surface area contributed by atoms with Crippen molar-refractivity contribution in [3.8, 4) is 0 Å². The Hall–Kier alpha value is -1.88. The number of likely N-dealkylation sites (tertiary alicyclic amines) is 1. The minimum Gasteiger partial charge on any atom is -0.460 e. The number of rotatable bonds is 3. The summed E-state index contributed by atoms with van der Waals surface area (Å²) in [5.41, 5.74) is 0.680. The maximum absolute atomic E-state index is 13.2. The number of halogens is 1. The van der Waals surface area contributed by atoms with Gasteiger partial charge in [0.1, 0.15) is 17.2 Å². The Labute approximate surface area is 122 Å². The lowest BCUT2D eigenvalue weighted by atomic mass is 10.0. The summed E-state index contributed by atoms with van der Waals surface area (Å²) < 4.78 is 19.0. The third kappa shape index (κ3) is 2.93. The molecule has 112 valence electrons. The largest absolute Gasteiger partial charge is 0.460 e. The predicted molar refractivity (Wildman–Crippen MR) is 78.3 cm³/mol. The molecule has 1 aliphatic rings. The van der Waals surface area contributed by atoms with Crippen molar-refractivity contribution >= 4 is 16.9 Å². The smallest absolute Gasteiger partial charge is 0.237 e. The molecule has 1 amide bonds. The molecule has 1 fully saturated rings. The van der Waals surface area contributed by atoms with E-state index in [0.29, 0.717) is 12.1 Å². The maximum atomic E-state index is 13.2. The number of fused-ring (bicyclic) bond motifs is 1. The average Bonchev–Trinajstić information content (AvgIpc) is 2.88. The lowest BCUT2D eigenvalue weighted by molar-refractivity contribution is -0.127. The van der Waals surface area contributed by atoms with Gasteiger partial charge in [-0.15, -0.1) is 0 Å². The number of nitrogens with zero attached hydrogens (tertiary/aromatic N) is 1. The summed E-state index contributed by atoms with van der Waals surface area (Å²) in [7, 11) is 1.67. The van der Waals surface area contributed by atoms with Crippen molar-refractivity contribution in [2.45, 2.75) is 31.8 Å². The Morgan fingerprint density at radius 2 is 2.29 bits per heavy atom. The normalized spacial score (nSPS) is 19.8. The highest BCUT2D eigenvalue weighted by Gasteiger charge is 2.28. The first-order valence-electron chi connectivity index (χ1n) is 7.31. The molecule has 2 aromatic rings. The molecule has 1 N–H and O–H groups in total. The van der Waals surface area contributed by atoms with Crippen LogP contribution in [-0.4, -0.2) is 30.4 Å². The molecule has 1 aromatic carbocycles. The van der Waals surface area contributed by atoms with Crippen molar-refractivity contribution in [2.75, 3.05) is 13.6 Å². The van der Waals surface area contributed by atoms with Crippen LogP contribution in [-0.2, 0) is 11.3 Å². The van der Waals surface area contributed by atoms with E-state index in [0.717, 1.165) is 37.0 Å². The van der Waals surface area contributed by atoms with Crippen molar-refractivity contribution in [3.63, 3.8) is 0 Å². The van der Waals surface area contributed by atoms with Crippen LogP contribution in [0.3, 0.4) is 0 Å². The van der Waals surface area contributed by atoms with Crippen molar-refractivity contribution in [2.24, 2.45) is 0 Å². The first-order chi connectivity index (χ1) is 10.2. The lowest BCUT2D eigenvalue weighted by Gasteiger charge is -2.33. The van der Waals surface area contributed by atoms with Crippen LogP contribution in [0.25, 0.3) is 11.0 Å². The molecule has 1 aromatic heterocycles. The number of hydrogen-bond acceptors (Lipinski definition) is 3. The van der Waals surface area contributed by atoms with Gasteiger partial charge in [-0.2, -0.15) is 0 Å². The molecule has 4 nitrogen and oxygen atoms in total. The summed E-state index contributed by atoms with van der Waals surface area (Å²) in [6.07, 6.45) is 3.02. The standard InChI is InChI=1S/C16H19FN2O2/c1-18-16(20)14-4-2-3-7-19(14)10-13-9-11-8-12(17)5-6-15(11)21-13/h5-6,8-9,14H,2-4,7,10H2,1H3,(H,18,20)/t14-/m1/s1. The molecule has 0 radical (unpaired) electrons. The van der Waals surface area contributed by atoms with E-state index in [1.54, 1.807) is 13.1 Å². The van der Waals surface area contributed by atoms with Crippen molar-refractivity contribution in [1.82, 2.24) is 10.2 Å². The molecule has 1 atom stereocenters. The maximum Gasteiger partial charge on any atom is 0.237 e. The van der Waals surface area contributed by atoms with E-state index in [1.807, 2.05) is 6.07 Å². The quantitative estimate of drug-likeness (QED) is 0.945. The predicted octanol–water partition coefficient (Wildman–Crippen LogP) is 2.67. The van der Waals surface area contributed by atoms with Gasteiger partial charge < -0.3 is 9.73 Å². The van der Waals surface area contributed by atoms with Crippen LogP contribution >= 0.6 is 0 Å². The average molecular weight is 290 g/mol. The number of hydrogen-bond donors (Lipinski definition) is 1. The summed E-state index contributed by atoms with van der Waals surface area (Å²) >= 11 is 0. The highest BCUT2D eigenvalue weighted by molar-refractivity contribution is 5.81. The topological polar surface area (TPSA) is 45.5 Å². The van der Waals surface area contributed by atoms with Gasteiger partial charge in [0, 0.05) is 12.4 Å². The zero-order valence-electron chi connectivity index (χ0n) is 12.1. The van der Waals surface area contributed by atoms with E-state index >= 15 is 0 Å². The Morgan fingerprint density at radius 3 is 3.10 bits per heavy atom. The first kappa shape index (κ1) is 14.1. The van der Waals surface area contributed by atoms with Crippen molar-refractivity contribution in [3.05, 3.63) is 35.8 Å². The van der Waals surface area contributed by atoms with Gasteiger partial charge in [0.25, 0.3) is 0 Å². The highest BCUT2D eigenvalue weighted by atomic mass is 19.1. The minimum absolute atomic E-state index is 0.0526. The van der Waals surface area contributed by atoms with E-state index in [-0.39, 0.29) is 17.8 Å². The fraction of sp³-hybridized carbons (Fsp3) is 0.438. The summed E-state index contributed by atoms with van der Waals surface area (Å²) in [4.78, 5) is 14.1. The summed E-state index contributed by atoms with van der Waals surface area (Å²) in [5.74, 6) is 0.555. The molecular formula is C16H19FN2O2. The second kappa shape index (κ2) is 5.85. The third-order valence-corrected chi connectivity index (χ3v) is 4.05. The molecule has 2 heterocycles. The van der Waals surface area contributed by atoms with Gasteiger partial charge in [0.2, 0.25) is 5.91 Å². The van der Waals surface area contributed by atoms with Crippen LogP contribution in [0.2, 0.25) is 0 Å². The number of amides is 1. The Kier molecular flexibility index (Phi) is 3.92. The minimum atomic E-state index is -0.268. The van der Waals surface area contributed by atoms with E-state index in [9.17, 15) is 9.18 Å². The second-order valence-electron chi connectivity index (χ2n) is 5.49. The van der Waals surface area contributed by atoms with Gasteiger partial charge in [-0.25, -0.2) is 4.39 Å². The van der Waals surface area contributed by atoms with Crippen LogP contribution in [0, 0.1) is 5.82 Å². The molecule has 0 bridgehead atoms. The molecule has 1 saturated heterocycles. The summed E-state index contributed by atoms with van der Waals surface area (Å²) in [5, 5.41) is 3.49. The van der Waals surface area contributed by atoms with Gasteiger partial charge in [0.15, 0.2) is 0 Å². The number of benzene rings is 1. The van der Waals surface area contributed by atoms with Crippen LogP contribution in [0.15, 0.2) is 28.7 Å². The van der Waals surface area contributed by atoms with Crippen molar-refractivity contribution in [1.29, 1.82) is 0 Å². The number of furan rings is 1. The Balaban J connectivity index is 1.80. The zero-order valence-corrected chi connectivity index (χ0v) is 12.1. The van der Waals surface area contributed by atoms with Crippen LogP contribution in [0.5, 0.6) is 0 Å². The molecule has 3 rings (SSSR count). The Bertz CT molecular complexity index is 653. The number of piperidine rings is 1. The SMILES string of the molecule is CNC(=O)[C@H]1CCCCN1Cc1cc2cc(F)ccc2o1. The molecule has 0 saturated carbocycles. The molecule has 0 spiro atoms. The third-order valence-electron chi connectivity index (χ3n) is 4.05. The number of carbonyl (C=O) groups excluding carboxylic acids is 1. The highest BCUT2D eigenvalue weighted by Crippen LogP contribution is 2.24.